The van der Waals surface area contributed by atoms with Crippen molar-refractivity contribution < 1.29 is 4.43 Å². The van der Waals surface area contributed by atoms with Crippen LogP contribution in [0.2, 0.25) is 0 Å². The van der Waals surface area contributed by atoms with Crippen LogP contribution in [-0.2, 0) is 9.84 Å². The van der Waals surface area contributed by atoms with Crippen molar-refractivity contribution in [3.05, 3.63) is 71.8 Å². The lowest BCUT2D eigenvalue weighted by Gasteiger charge is -2.33. The first-order valence-corrected chi connectivity index (χ1v) is 7.25. The van der Waals surface area contributed by atoms with Gasteiger partial charge in [-0.3, -0.25) is 0 Å². The second-order valence-electron chi connectivity index (χ2n) is 4.60. The quantitative estimate of drug-likeness (QED) is 0.747. The zero-order valence-electron chi connectivity index (χ0n) is 11.1. The molecule has 0 amide bonds. The van der Waals surface area contributed by atoms with Crippen LogP contribution in [0.25, 0.3) is 0 Å². The van der Waals surface area contributed by atoms with E-state index < -0.39 is 0 Å². The van der Waals surface area contributed by atoms with Crippen molar-refractivity contribution in [1.29, 1.82) is 0 Å². The van der Waals surface area contributed by atoms with Gasteiger partial charge in [0.25, 0.3) is 0 Å². The van der Waals surface area contributed by atoms with Gasteiger partial charge in [0.2, 0.25) is 0 Å². The molecule has 2 aromatic rings. The SMILES string of the molecule is CCC(CO[SiH3])(c1ccccc1)c1ccccc1. The molecule has 0 saturated carbocycles. The summed E-state index contributed by atoms with van der Waals surface area (Å²) >= 11 is 0. The van der Waals surface area contributed by atoms with Gasteiger partial charge in [-0.25, -0.2) is 0 Å². The Kier molecular flexibility index (Phi) is 4.34. The lowest BCUT2D eigenvalue weighted by Crippen LogP contribution is -2.32. The van der Waals surface area contributed by atoms with Crippen molar-refractivity contribution in [2.45, 2.75) is 18.8 Å². The molecule has 0 aromatic heterocycles. The van der Waals surface area contributed by atoms with Gasteiger partial charge in [-0.1, -0.05) is 67.6 Å². The average Bonchev–Trinajstić information content (AvgIpc) is 2.47. The second kappa shape index (κ2) is 5.98. The normalized spacial score (nSPS) is 11.6. The van der Waals surface area contributed by atoms with Gasteiger partial charge in [-0.15, -0.1) is 0 Å². The fraction of sp³-hybridized carbons (Fsp3) is 0.250. The van der Waals surface area contributed by atoms with Crippen LogP contribution in [0.4, 0.5) is 0 Å². The maximum absolute atomic E-state index is 5.65. The number of rotatable bonds is 5. The highest BCUT2D eigenvalue weighted by molar-refractivity contribution is 5.98. The van der Waals surface area contributed by atoms with Crippen molar-refractivity contribution in [2.24, 2.45) is 0 Å². The summed E-state index contributed by atoms with van der Waals surface area (Å²) in [6.07, 6.45) is 1.04. The van der Waals surface area contributed by atoms with Gasteiger partial charge in [-0.2, -0.15) is 0 Å². The molecule has 0 heterocycles. The molecule has 0 spiro atoms. The van der Waals surface area contributed by atoms with Gasteiger partial charge >= 0.3 is 0 Å². The summed E-state index contributed by atoms with van der Waals surface area (Å²) in [5.41, 5.74) is 2.67. The molecule has 0 radical (unpaired) electrons. The molecule has 0 aliphatic rings. The fourth-order valence-corrected chi connectivity index (χ4v) is 3.10. The van der Waals surface area contributed by atoms with Crippen LogP contribution in [0.15, 0.2) is 60.7 Å². The van der Waals surface area contributed by atoms with Gasteiger partial charge in [0, 0.05) is 12.0 Å². The molecule has 2 rings (SSSR count). The van der Waals surface area contributed by atoms with E-state index in [1.54, 1.807) is 0 Å². The topological polar surface area (TPSA) is 9.23 Å². The zero-order valence-corrected chi connectivity index (χ0v) is 13.1. The monoisotopic (exact) mass is 256 g/mol. The minimum Gasteiger partial charge on any atom is -0.427 e. The number of hydrogen-bond donors (Lipinski definition) is 0. The average molecular weight is 256 g/mol. The number of hydrogen-bond acceptors (Lipinski definition) is 1. The van der Waals surface area contributed by atoms with E-state index >= 15 is 0 Å². The molecule has 0 atom stereocenters. The zero-order chi connectivity index (χ0) is 12.8. The molecule has 0 bridgehead atoms. The predicted octanol–water partition coefficient (Wildman–Crippen LogP) is 2.68. The standard InChI is InChI=1S/C16H20OSi/c1-2-16(13-17-18,14-9-5-3-6-10-14)15-11-7-4-8-12-15/h3-12H,2,13H2,1,18H3. The molecule has 0 fully saturated rings. The Morgan fingerprint density at radius 2 is 1.33 bits per heavy atom. The highest BCUT2D eigenvalue weighted by Crippen LogP contribution is 2.35. The lowest BCUT2D eigenvalue weighted by molar-refractivity contribution is 0.256. The Morgan fingerprint density at radius 3 is 1.67 bits per heavy atom. The summed E-state index contributed by atoms with van der Waals surface area (Å²) < 4.78 is 5.65. The van der Waals surface area contributed by atoms with Crippen LogP contribution in [0.1, 0.15) is 24.5 Å². The molecular formula is C16H20OSi. The molecule has 0 N–H and O–H groups in total. The molecule has 0 aliphatic heterocycles. The summed E-state index contributed by atoms with van der Waals surface area (Å²) in [5, 5.41) is 0. The van der Waals surface area contributed by atoms with E-state index in [-0.39, 0.29) is 5.41 Å². The smallest absolute Gasteiger partial charge is 0.146 e. The third-order valence-electron chi connectivity index (χ3n) is 3.65. The van der Waals surface area contributed by atoms with E-state index in [0.29, 0.717) is 0 Å². The molecule has 1 nitrogen and oxygen atoms in total. The fourth-order valence-electron chi connectivity index (χ4n) is 2.60. The largest absolute Gasteiger partial charge is 0.427 e. The maximum Gasteiger partial charge on any atom is 0.146 e. The van der Waals surface area contributed by atoms with Crippen molar-refractivity contribution in [2.75, 3.05) is 6.61 Å². The van der Waals surface area contributed by atoms with E-state index in [4.69, 9.17) is 4.43 Å². The first-order valence-electron chi connectivity index (χ1n) is 6.43. The summed E-state index contributed by atoms with van der Waals surface area (Å²) in [6, 6.07) is 21.4. The van der Waals surface area contributed by atoms with Crippen LogP contribution in [-0.4, -0.2) is 17.1 Å². The molecule has 94 valence electrons. The summed E-state index contributed by atoms with van der Waals surface area (Å²) in [7, 11) is 0.777. The molecule has 18 heavy (non-hydrogen) atoms. The first kappa shape index (κ1) is 13.1. The molecule has 0 unspecified atom stereocenters. The first-order chi connectivity index (χ1) is 8.83. The predicted molar refractivity (Wildman–Crippen MR) is 79.8 cm³/mol. The summed E-state index contributed by atoms with van der Waals surface area (Å²) in [4.78, 5) is 0. The van der Waals surface area contributed by atoms with Crippen molar-refractivity contribution in [1.82, 2.24) is 0 Å². The van der Waals surface area contributed by atoms with Gasteiger partial charge in [0.15, 0.2) is 0 Å². The van der Waals surface area contributed by atoms with Crippen LogP contribution >= 0.6 is 0 Å². The lowest BCUT2D eigenvalue weighted by atomic mass is 9.73. The van der Waals surface area contributed by atoms with Gasteiger partial charge < -0.3 is 4.43 Å². The van der Waals surface area contributed by atoms with Crippen LogP contribution in [0.5, 0.6) is 0 Å². The third kappa shape index (κ3) is 2.40. The number of benzene rings is 2. The van der Waals surface area contributed by atoms with Crippen LogP contribution in [0, 0.1) is 0 Å². The Labute approximate surface area is 112 Å². The van der Waals surface area contributed by atoms with E-state index in [0.717, 1.165) is 23.5 Å². The highest BCUT2D eigenvalue weighted by atomic mass is 28.2. The van der Waals surface area contributed by atoms with E-state index in [2.05, 4.69) is 67.6 Å². The molecule has 0 saturated heterocycles. The maximum atomic E-state index is 5.65. The van der Waals surface area contributed by atoms with Crippen LogP contribution < -0.4 is 0 Å². The molecule has 2 heteroatoms. The Bertz CT molecular complexity index is 427. The van der Waals surface area contributed by atoms with Crippen molar-refractivity contribution in [3.63, 3.8) is 0 Å². The van der Waals surface area contributed by atoms with Gasteiger partial charge in [0.05, 0.1) is 0 Å². The summed E-state index contributed by atoms with van der Waals surface area (Å²) in [6.45, 7) is 3.00. The van der Waals surface area contributed by atoms with E-state index in [9.17, 15) is 0 Å². The van der Waals surface area contributed by atoms with Crippen molar-refractivity contribution in [3.8, 4) is 0 Å². The third-order valence-corrected chi connectivity index (χ3v) is 3.94. The van der Waals surface area contributed by atoms with Crippen LogP contribution in [0.3, 0.4) is 0 Å². The molecular weight excluding hydrogens is 236 g/mol. The highest BCUT2D eigenvalue weighted by Gasteiger charge is 2.31. The van der Waals surface area contributed by atoms with Crippen molar-refractivity contribution >= 4 is 10.5 Å². The minimum atomic E-state index is -0.00965. The van der Waals surface area contributed by atoms with Gasteiger partial charge in [-0.05, 0) is 17.5 Å². The molecule has 2 aromatic carbocycles. The van der Waals surface area contributed by atoms with Gasteiger partial charge in [0.1, 0.15) is 10.5 Å². The Hall–Kier alpha value is -1.38. The molecule has 0 aliphatic carbocycles. The second-order valence-corrected chi connectivity index (χ2v) is 5.18. The Balaban J connectivity index is 2.53. The van der Waals surface area contributed by atoms with E-state index in [1.165, 1.54) is 11.1 Å². The summed E-state index contributed by atoms with van der Waals surface area (Å²) in [5.74, 6) is 0. The van der Waals surface area contributed by atoms with E-state index in [1.807, 2.05) is 0 Å². The minimum absolute atomic E-state index is 0.00965. The Morgan fingerprint density at radius 1 is 0.889 bits per heavy atom.